The van der Waals surface area contributed by atoms with Gasteiger partial charge in [-0.25, -0.2) is 0 Å². The second-order valence-corrected chi connectivity index (χ2v) is 7.07. The number of piperazine rings is 1. The van der Waals surface area contributed by atoms with Crippen LogP contribution in [-0.4, -0.2) is 49.6 Å². The Balaban J connectivity index is 1.46. The molecular formula is C22H28N4. The molecule has 1 fully saturated rings. The van der Waals surface area contributed by atoms with Crippen LogP contribution in [0.15, 0.2) is 54.6 Å². The van der Waals surface area contributed by atoms with Crippen molar-refractivity contribution in [1.82, 2.24) is 15.1 Å². The number of nitriles is 1. The Morgan fingerprint density at radius 2 is 1.96 bits per heavy atom. The summed E-state index contributed by atoms with van der Waals surface area (Å²) in [6.45, 7) is 6.28. The van der Waals surface area contributed by atoms with Crippen molar-refractivity contribution >= 4 is 0 Å². The van der Waals surface area contributed by atoms with Gasteiger partial charge < -0.3 is 10.2 Å². The highest BCUT2D eigenvalue weighted by Crippen LogP contribution is 2.24. The molecule has 1 N–H and O–H groups in total. The lowest BCUT2D eigenvalue weighted by molar-refractivity contribution is 0.0888. The summed E-state index contributed by atoms with van der Waals surface area (Å²) in [6, 6.07) is 21.4. The topological polar surface area (TPSA) is 42.3 Å². The van der Waals surface area contributed by atoms with Gasteiger partial charge in [-0.2, -0.15) is 5.26 Å². The van der Waals surface area contributed by atoms with E-state index >= 15 is 0 Å². The lowest BCUT2D eigenvalue weighted by Gasteiger charge is -2.40. The number of rotatable bonds is 7. The van der Waals surface area contributed by atoms with Gasteiger partial charge in [0.05, 0.1) is 11.6 Å². The van der Waals surface area contributed by atoms with Crippen LogP contribution >= 0.6 is 0 Å². The molecule has 0 bridgehead atoms. The summed E-state index contributed by atoms with van der Waals surface area (Å²) in [5.41, 5.74) is 3.32. The molecule has 0 amide bonds. The summed E-state index contributed by atoms with van der Waals surface area (Å²) in [7, 11) is 2.21. The molecule has 0 spiro atoms. The van der Waals surface area contributed by atoms with Gasteiger partial charge in [0.25, 0.3) is 0 Å². The number of hydrogen-bond acceptors (Lipinski definition) is 4. The van der Waals surface area contributed by atoms with Crippen molar-refractivity contribution in [1.29, 1.82) is 5.26 Å². The highest BCUT2D eigenvalue weighted by Gasteiger charge is 2.25. The summed E-state index contributed by atoms with van der Waals surface area (Å²) in [5.74, 6) is 0. The maximum absolute atomic E-state index is 8.97. The van der Waals surface area contributed by atoms with Gasteiger partial charge >= 0.3 is 0 Å². The van der Waals surface area contributed by atoms with Gasteiger partial charge in [0.2, 0.25) is 0 Å². The third-order valence-corrected chi connectivity index (χ3v) is 5.06. The zero-order chi connectivity index (χ0) is 18.2. The van der Waals surface area contributed by atoms with Crippen LogP contribution in [-0.2, 0) is 6.54 Å². The first kappa shape index (κ1) is 18.6. The fourth-order valence-electron chi connectivity index (χ4n) is 3.61. The number of likely N-dealkylation sites (N-methyl/N-ethyl adjacent to an activating group) is 1. The molecule has 2 aromatic rings. The van der Waals surface area contributed by atoms with Crippen LogP contribution in [0.2, 0.25) is 0 Å². The first-order valence-corrected chi connectivity index (χ1v) is 9.43. The number of nitrogens with one attached hydrogen (secondary N) is 1. The van der Waals surface area contributed by atoms with Crippen LogP contribution in [0, 0.1) is 11.3 Å². The monoisotopic (exact) mass is 348 g/mol. The van der Waals surface area contributed by atoms with Gasteiger partial charge in [-0.15, -0.1) is 0 Å². The second-order valence-electron chi connectivity index (χ2n) is 7.07. The molecular weight excluding hydrogens is 320 g/mol. The van der Waals surface area contributed by atoms with E-state index in [9.17, 15) is 0 Å². The van der Waals surface area contributed by atoms with Gasteiger partial charge in [0.1, 0.15) is 0 Å². The highest BCUT2D eigenvalue weighted by molar-refractivity contribution is 5.32. The average molecular weight is 348 g/mol. The number of nitrogens with zero attached hydrogens (tertiary/aromatic N) is 3. The lowest BCUT2D eigenvalue weighted by Crippen LogP contribution is -2.47. The maximum Gasteiger partial charge on any atom is 0.0991 e. The van der Waals surface area contributed by atoms with Crippen LogP contribution in [0.5, 0.6) is 0 Å². The maximum atomic E-state index is 8.97. The van der Waals surface area contributed by atoms with Crippen molar-refractivity contribution in [3.05, 3.63) is 71.3 Å². The number of hydrogen-bond donors (Lipinski definition) is 1. The van der Waals surface area contributed by atoms with E-state index in [-0.39, 0.29) is 0 Å². The van der Waals surface area contributed by atoms with Gasteiger partial charge in [-0.05, 0) is 43.3 Å². The third-order valence-electron chi connectivity index (χ3n) is 5.06. The molecule has 2 aromatic carbocycles. The summed E-state index contributed by atoms with van der Waals surface area (Å²) < 4.78 is 0. The third kappa shape index (κ3) is 5.15. The van der Waals surface area contributed by atoms with Crippen LogP contribution in [0.1, 0.15) is 29.2 Å². The first-order chi connectivity index (χ1) is 12.8. The van der Waals surface area contributed by atoms with Gasteiger partial charge in [0.15, 0.2) is 0 Å². The van der Waals surface area contributed by atoms with Crippen molar-refractivity contribution in [3.63, 3.8) is 0 Å². The minimum absolute atomic E-state index is 0.488. The van der Waals surface area contributed by atoms with Crippen LogP contribution in [0.3, 0.4) is 0 Å². The Bertz CT molecular complexity index is 722. The Morgan fingerprint density at radius 1 is 1.12 bits per heavy atom. The molecule has 136 valence electrons. The molecule has 1 saturated heterocycles. The molecule has 0 saturated carbocycles. The standard InChI is InChI=1S/C22H28N4/c1-25-13-14-26(22(18-25)21-9-3-2-4-10-21)12-6-11-24-17-20-8-5-7-19(15-20)16-23/h2-5,7-10,15,22,24H,6,11-14,17-18H2,1H3. The van der Waals surface area contributed by atoms with E-state index in [0.29, 0.717) is 6.04 Å². The van der Waals surface area contributed by atoms with E-state index in [2.05, 4.69) is 64.6 Å². The fraction of sp³-hybridized carbons (Fsp3) is 0.409. The van der Waals surface area contributed by atoms with Crippen LogP contribution in [0.25, 0.3) is 0 Å². The molecule has 4 nitrogen and oxygen atoms in total. The van der Waals surface area contributed by atoms with Crippen LogP contribution in [0.4, 0.5) is 0 Å². The minimum atomic E-state index is 0.488. The average Bonchev–Trinajstić information content (AvgIpc) is 2.69. The van der Waals surface area contributed by atoms with E-state index in [4.69, 9.17) is 5.26 Å². The Labute approximate surface area is 157 Å². The smallest absolute Gasteiger partial charge is 0.0991 e. The van der Waals surface area contributed by atoms with E-state index in [1.807, 2.05) is 18.2 Å². The predicted molar refractivity (Wildman–Crippen MR) is 106 cm³/mol. The largest absolute Gasteiger partial charge is 0.313 e. The summed E-state index contributed by atoms with van der Waals surface area (Å²) >= 11 is 0. The summed E-state index contributed by atoms with van der Waals surface area (Å²) in [4.78, 5) is 5.04. The van der Waals surface area contributed by atoms with Gasteiger partial charge in [-0.1, -0.05) is 42.5 Å². The molecule has 1 unspecified atom stereocenters. The van der Waals surface area contributed by atoms with E-state index in [1.165, 1.54) is 11.1 Å². The molecule has 1 atom stereocenters. The van der Waals surface area contributed by atoms with E-state index < -0.39 is 0 Å². The highest BCUT2D eigenvalue weighted by atomic mass is 15.3. The van der Waals surface area contributed by atoms with Crippen molar-refractivity contribution in [3.8, 4) is 6.07 Å². The van der Waals surface area contributed by atoms with E-state index in [0.717, 1.165) is 51.3 Å². The van der Waals surface area contributed by atoms with Crippen molar-refractivity contribution in [2.45, 2.75) is 19.0 Å². The normalized spacial score (nSPS) is 18.5. The van der Waals surface area contributed by atoms with Crippen molar-refractivity contribution in [2.24, 2.45) is 0 Å². The zero-order valence-corrected chi connectivity index (χ0v) is 15.6. The molecule has 0 aromatic heterocycles. The first-order valence-electron chi connectivity index (χ1n) is 9.43. The van der Waals surface area contributed by atoms with Crippen LogP contribution < -0.4 is 5.32 Å². The Hall–Kier alpha value is -2.19. The zero-order valence-electron chi connectivity index (χ0n) is 15.6. The Kier molecular flexibility index (Phi) is 6.79. The molecule has 1 aliphatic heterocycles. The molecule has 3 rings (SSSR count). The molecule has 1 aliphatic rings. The van der Waals surface area contributed by atoms with Crippen molar-refractivity contribution < 1.29 is 0 Å². The minimum Gasteiger partial charge on any atom is -0.313 e. The predicted octanol–water partition coefficient (Wildman–Crippen LogP) is 3.03. The molecule has 4 heteroatoms. The van der Waals surface area contributed by atoms with Gasteiger partial charge in [-0.3, -0.25) is 4.90 Å². The SMILES string of the molecule is CN1CCN(CCCNCc2cccc(C#N)c2)C(c2ccccc2)C1. The van der Waals surface area contributed by atoms with Crippen molar-refractivity contribution in [2.75, 3.05) is 39.8 Å². The van der Waals surface area contributed by atoms with Gasteiger partial charge in [0, 0.05) is 38.8 Å². The summed E-state index contributed by atoms with van der Waals surface area (Å²) in [6.07, 6.45) is 1.13. The molecule has 1 heterocycles. The van der Waals surface area contributed by atoms with E-state index in [1.54, 1.807) is 0 Å². The second kappa shape index (κ2) is 9.49. The summed E-state index contributed by atoms with van der Waals surface area (Å²) in [5, 5.41) is 12.5. The lowest BCUT2D eigenvalue weighted by atomic mass is 10.0. The quantitative estimate of drug-likeness (QED) is 0.781. The molecule has 0 radical (unpaired) electrons. The molecule has 26 heavy (non-hydrogen) atoms. The Morgan fingerprint density at radius 3 is 2.77 bits per heavy atom. The number of benzene rings is 2. The fourth-order valence-corrected chi connectivity index (χ4v) is 3.61. The molecule has 0 aliphatic carbocycles.